The van der Waals surface area contributed by atoms with Crippen molar-refractivity contribution in [1.29, 1.82) is 0 Å². The number of carbonyl (C=O) groups excluding carboxylic acids is 1. The second kappa shape index (κ2) is 6.66. The summed E-state index contributed by atoms with van der Waals surface area (Å²) in [5, 5.41) is 3.85. The number of thiazole rings is 1. The molecule has 0 radical (unpaired) electrons. The van der Waals surface area contributed by atoms with E-state index in [2.05, 4.69) is 41.5 Å². The summed E-state index contributed by atoms with van der Waals surface area (Å²) in [6, 6.07) is 8.55. The summed E-state index contributed by atoms with van der Waals surface area (Å²) in [5.41, 5.74) is 2.56. The van der Waals surface area contributed by atoms with Crippen molar-refractivity contribution in [2.75, 3.05) is 0 Å². The first kappa shape index (κ1) is 14.7. The standard InChI is InChI=1S/C16H20N2OS/c1-11(2)16(19)18-10-15-17-9-14(20-15)8-13-6-4-12(3)5-7-13/h4-7,9,11H,8,10H2,1-3H3,(H,18,19). The van der Waals surface area contributed by atoms with Crippen LogP contribution in [0.4, 0.5) is 0 Å². The smallest absolute Gasteiger partial charge is 0.222 e. The van der Waals surface area contributed by atoms with Gasteiger partial charge in [-0.2, -0.15) is 0 Å². The number of nitrogens with zero attached hydrogens (tertiary/aromatic N) is 1. The van der Waals surface area contributed by atoms with Gasteiger partial charge < -0.3 is 5.32 Å². The van der Waals surface area contributed by atoms with E-state index in [0.29, 0.717) is 6.54 Å². The Morgan fingerprint density at radius 2 is 2.00 bits per heavy atom. The molecular weight excluding hydrogens is 268 g/mol. The van der Waals surface area contributed by atoms with Crippen LogP contribution in [0.3, 0.4) is 0 Å². The predicted octanol–water partition coefficient (Wildman–Crippen LogP) is 3.31. The Hall–Kier alpha value is -1.68. The van der Waals surface area contributed by atoms with Crippen LogP contribution in [-0.4, -0.2) is 10.9 Å². The molecule has 1 aromatic carbocycles. The van der Waals surface area contributed by atoms with Gasteiger partial charge >= 0.3 is 0 Å². The minimum absolute atomic E-state index is 0.0157. The highest BCUT2D eigenvalue weighted by Gasteiger charge is 2.08. The second-order valence-electron chi connectivity index (χ2n) is 5.26. The van der Waals surface area contributed by atoms with Crippen molar-refractivity contribution in [2.45, 2.75) is 33.7 Å². The van der Waals surface area contributed by atoms with Crippen molar-refractivity contribution >= 4 is 17.2 Å². The van der Waals surface area contributed by atoms with Crippen LogP contribution >= 0.6 is 11.3 Å². The van der Waals surface area contributed by atoms with Gasteiger partial charge in [-0.3, -0.25) is 4.79 Å². The van der Waals surface area contributed by atoms with E-state index in [1.165, 1.54) is 16.0 Å². The second-order valence-corrected chi connectivity index (χ2v) is 6.45. The zero-order chi connectivity index (χ0) is 14.5. The maximum Gasteiger partial charge on any atom is 0.222 e. The molecule has 0 aliphatic heterocycles. The molecule has 1 amide bonds. The Kier molecular flexibility index (Phi) is 4.90. The molecule has 1 N–H and O–H groups in total. The highest BCUT2D eigenvalue weighted by atomic mass is 32.1. The largest absolute Gasteiger partial charge is 0.349 e. The Morgan fingerprint density at radius 3 is 2.65 bits per heavy atom. The van der Waals surface area contributed by atoms with E-state index in [4.69, 9.17) is 0 Å². The Bertz CT molecular complexity index is 572. The summed E-state index contributed by atoms with van der Waals surface area (Å²) in [6.45, 7) is 6.39. The lowest BCUT2D eigenvalue weighted by Gasteiger charge is -2.04. The molecule has 1 aromatic heterocycles. The van der Waals surface area contributed by atoms with E-state index in [0.717, 1.165) is 11.4 Å². The number of carbonyl (C=O) groups is 1. The van der Waals surface area contributed by atoms with Crippen LogP contribution in [0.15, 0.2) is 30.5 Å². The van der Waals surface area contributed by atoms with Crippen molar-refractivity contribution in [3.63, 3.8) is 0 Å². The number of rotatable bonds is 5. The fourth-order valence-electron chi connectivity index (χ4n) is 1.79. The lowest BCUT2D eigenvalue weighted by atomic mass is 10.1. The molecule has 20 heavy (non-hydrogen) atoms. The van der Waals surface area contributed by atoms with Crippen LogP contribution in [0, 0.1) is 12.8 Å². The van der Waals surface area contributed by atoms with E-state index in [9.17, 15) is 4.79 Å². The number of hydrogen-bond acceptors (Lipinski definition) is 3. The predicted molar refractivity (Wildman–Crippen MR) is 82.8 cm³/mol. The topological polar surface area (TPSA) is 42.0 Å². The van der Waals surface area contributed by atoms with Crippen LogP contribution in [0.1, 0.15) is 34.9 Å². The monoisotopic (exact) mass is 288 g/mol. The van der Waals surface area contributed by atoms with Gasteiger partial charge in [-0.25, -0.2) is 4.98 Å². The van der Waals surface area contributed by atoms with E-state index >= 15 is 0 Å². The third-order valence-electron chi connectivity index (χ3n) is 3.04. The summed E-state index contributed by atoms with van der Waals surface area (Å²) < 4.78 is 0. The third-order valence-corrected chi connectivity index (χ3v) is 4.04. The van der Waals surface area contributed by atoms with Crippen molar-refractivity contribution in [2.24, 2.45) is 5.92 Å². The molecular formula is C16H20N2OS. The first-order chi connectivity index (χ1) is 9.54. The first-order valence-electron chi connectivity index (χ1n) is 6.81. The van der Waals surface area contributed by atoms with Crippen LogP contribution in [0.25, 0.3) is 0 Å². The number of benzene rings is 1. The highest BCUT2D eigenvalue weighted by Crippen LogP contribution is 2.17. The third kappa shape index (κ3) is 4.17. The molecule has 0 spiro atoms. The van der Waals surface area contributed by atoms with Gasteiger partial charge in [0.1, 0.15) is 5.01 Å². The minimum Gasteiger partial charge on any atom is -0.349 e. The van der Waals surface area contributed by atoms with Gasteiger partial charge in [0.25, 0.3) is 0 Å². The summed E-state index contributed by atoms with van der Waals surface area (Å²) in [7, 11) is 0. The molecule has 2 aromatic rings. The average molecular weight is 288 g/mol. The number of aromatic nitrogens is 1. The maximum absolute atomic E-state index is 11.5. The molecule has 0 aliphatic rings. The van der Waals surface area contributed by atoms with Gasteiger partial charge in [0.15, 0.2) is 0 Å². The maximum atomic E-state index is 11.5. The van der Waals surface area contributed by atoms with E-state index < -0.39 is 0 Å². The van der Waals surface area contributed by atoms with Gasteiger partial charge in [-0.05, 0) is 12.5 Å². The average Bonchev–Trinajstić information content (AvgIpc) is 2.86. The summed E-state index contributed by atoms with van der Waals surface area (Å²) >= 11 is 1.66. The summed E-state index contributed by atoms with van der Waals surface area (Å²) in [6.07, 6.45) is 2.80. The molecule has 0 unspecified atom stereocenters. The van der Waals surface area contributed by atoms with Crippen molar-refractivity contribution in [3.05, 3.63) is 51.5 Å². The fourth-order valence-corrected chi connectivity index (χ4v) is 2.68. The Morgan fingerprint density at radius 1 is 1.30 bits per heavy atom. The molecule has 1 heterocycles. The summed E-state index contributed by atoms with van der Waals surface area (Å²) in [5.74, 6) is 0.0854. The summed E-state index contributed by atoms with van der Waals surface area (Å²) in [4.78, 5) is 17.1. The van der Waals surface area contributed by atoms with Crippen LogP contribution in [0.2, 0.25) is 0 Å². The van der Waals surface area contributed by atoms with Crippen LogP contribution < -0.4 is 5.32 Å². The molecule has 0 saturated carbocycles. The van der Waals surface area contributed by atoms with Crippen LogP contribution in [0.5, 0.6) is 0 Å². The fraction of sp³-hybridized carbons (Fsp3) is 0.375. The zero-order valence-electron chi connectivity index (χ0n) is 12.1. The van der Waals surface area contributed by atoms with E-state index in [1.807, 2.05) is 20.0 Å². The lowest BCUT2D eigenvalue weighted by molar-refractivity contribution is -0.124. The van der Waals surface area contributed by atoms with Gasteiger partial charge in [0.2, 0.25) is 5.91 Å². The molecule has 106 valence electrons. The van der Waals surface area contributed by atoms with E-state index in [1.54, 1.807) is 11.3 Å². The highest BCUT2D eigenvalue weighted by molar-refractivity contribution is 7.11. The minimum atomic E-state index is 0.0157. The Balaban J connectivity index is 1.92. The molecule has 4 heteroatoms. The van der Waals surface area contributed by atoms with Crippen molar-refractivity contribution in [1.82, 2.24) is 10.3 Å². The van der Waals surface area contributed by atoms with Crippen molar-refractivity contribution in [3.8, 4) is 0 Å². The molecule has 3 nitrogen and oxygen atoms in total. The molecule has 0 saturated heterocycles. The van der Waals surface area contributed by atoms with Crippen LogP contribution in [-0.2, 0) is 17.8 Å². The normalized spacial score (nSPS) is 10.8. The number of hydrogen-bond donors (Lipinski definition) is 1. The SMILES string of the molecule is Cc1ccc(Cc2cnc(CNC(=O)C(C)C)s2)cc1. The lowest BCUT2D eigenvalue weighted by Crippen LogP contribution is -2.26. The van der Waals surface area contributed by atoms with Gasteiger partial charge in [-0.15, -0.1) is 11.3 Å². The van der Waals surface area contributed by atoms with Gasteiger partial charge in [-0.1, -0.05) is 43.7 Å². The quantitative estimate of drug-likeness (QED) is 0.917. The molecule has 0 bridgehead atoms. The molecule has 0 fully saturated rings. The first-order valence-corrected chi connectivity index (χ1v) is 7.63. The number of nitrogens with one attached hydrogen (secondary N) is 1. The van der Waals surface area contributed by atoms with Gasteiger partial charge in [0, 0.05) is 23.4 Å². The number of amides is 1. The zero-order valence-corrected chi connectivity index (χ0v) is 13.0. The van der Waals surface area contributed by atoms with Gasteiger partial charge in [0.05, 0.1) is 6.54 Å². The molecule has 0 atom stereocenters. The van der Waals surface area contributed by atoms with Crippen molar-refractivity contribution < 1.29 is 4.79 Å². The number of aryl methyl sites for hydroxylation is 1. The Labute approximate surface area is 124 Å². The molecule has 2 rings (SSSR count). The van der Waals surface area contributed by atoms with E-state index in [-0.39, 0.29) is 11.8 Å². The molecule has 0 aliphatic carbocycles.